The Morgan fingerprint density at radius 2 is 2.05 bits per heavy atom. The van der Waals surface area contributed by atoms with Gasteiger partial charge >= 0.3 is 5.97 Å². The number of hydrogen-bond acceptors (Lipinski definition) is 5. The van der Waals surface area contributed by atoms with Crippen molar-refractivity contribution in [3.05, 3.63) is 47.7 Å². The molecular weight excluding hydrogens is 258 g/mol. The van der Waals surface area contributed by atoms with Crippen LogP contribution in [0.2, 0.25) is 0 Å². The summed E-state index contributed by atoms with van der Waals surface area (Å²) in [7, 11) is 0. The predicted octanol–water partition coefficient (Wildman–Crippen LogP) is 2.22. The first-order valence-corrected chi connectivity index (χ1v) is 5.73. The summed E-state index contributed by atoms with van der Waals surface area (Å²) in [5.74, 6) is -0.634. The largest absolute Gasteiger partial charge is 0.478 e. The third-order valence-electron chi connectivity index (χ3n) is 2.61. The van der Waals surface area contributed by atoms with Gasteiger partial charge in [0.2, 0.25) is 5.88 Å². The maximum atomic E-state index is 10.9. The minimum atomic E-state index is -1.14. The number of carbonyl (C=O) groups is 1. The summed E-state index contributed by atoms with van der Waals surface area (Å²) < 4.78 is 5.45. The topological polar surface area (TPSA) is 109 Å². The van der Waals surface area contributed by atoms with E-state index in [0.717, 1.165) is 5.56 Å². The number of pyridine rings is 1. The van der Waals surface area contributed by atoms with Crippen LogP contribution in [0.4, 0.5) is 5.69 Å². The third-order valence-corrected chi connectivity index (χ3v) is 2.61. The van der Waals surface area contributed by atoms with Crippen molar-refractivity contribution in [3.63, 3.8) is 0 Å². The van der Waals surface area contributed by atoms with E-state index < -0.39 is 5.97 Å². The molecule has 0 unspecified atom stereocenters. The molecule has 2 rings (SSSR count). The summed E-state index contributed by atoms with van der Waals surface area (Å²) in [4.78, 5) is 14.9. The lowest BCUT2D eigenvalue weighted by Gasteiger charge is -2.09. The van der Waals surface area contributed by atoms with Gasteiger partial charge in [0.1, 0.15) is 11.4 Å². The second-order valence-electron chi connectivity index (χ2n) is 3.96. The summed E-state index contributed by atoms with van der Waals surface area (Å²) in [5, 5.41) is 17.5. The van der Waals surface area contributed by atoms with Gasteiger partial charge in [-0.15, -0.1) is 0 Å². The number of ether oxygens (including phenoxy) is 1. The summed E-state index contributed by atoms with van der Waals surface area (Å²) in [6.07, 6.45) is 1.63. The summed E-state index contributed by atoms with van der Waals surface area (Å²) >= 11 is 0. The lowest BCUT2D eigenvalue weighted by atomic mass is 10.2. The molecule has 1 aromatic carbocycles. The molecule has 6 heteroatoms. The number of anilines is 1. The molecule has 0 amide bonds. The van der Waals surface area contributed by atoms with E-state index in [4.69, 9.17) is 20.8 Å². The highest BCUT2D eigenvalue weighted by atomic mass is 16.5. The van der Waals surface area contributed by atoms with Crippen molar-refractivity contribution in [2.24, 2.45) is 0 Å². The Balaban J connectivity index is 2.24. The van der Waals surface area contributed by atoms with Gasteiger partial charge in [-0.1, -0.05) is 12.1 Å². The van der Waals surface area contributed by atoms with E-state index in [9.17, 15) is 4.79 Å². The lowest BCUT2D eigenvalue weighted by molar-refractivity contribution is 0.0697. The molecule has 100 valence electrons. The van der Waals surface area contributed by atoms with E-state index in [-0.39, 0.29) is 17.1 Å². The number of nitrogens with two attached hydrogens (primary N) is 1. The average molecular weight is 269 g/mol. The second kappa shape index (κ2) is 5.71. The molecule has 1 aromatic heterocycles. The zero-order valence-corrected chi connectivity index (χ0v) is 10.4. The third kappa shape index (κ3) is 2.84. The normalized spacial score (nSPS) is 9.75. The molecule has 0 saturated heterocycles. The fourth-order valence-corrected chi connectivity index (χ4v) is 1.60. The van der Waals surface area contributed by atoms with E-state index in [2.05, 4.69) is 4.98 Å². The molecule has 20 heavy (non-hydrogen) atoms. The number of nitrogen functional groups attached to an aromatic ring is 1. The molecule has 3 N–H and O–H groups in total. The summed E-state index contributed by atoms with van der Waals surface area (Å²) in [6, 6.07) is 10.2. The first-order valence-electron chi connectivity index (χ1n) is 5.73. The lowest BCUT2D eigenvalue weighted by Crippen LogP contribution is -2.05. The highest BCUT2D eigenvalue weighted by Crippen LogP contribution is 2.27. The Labute approximate surface area is 115 Å². The molecule has 6 nitrogen and oxygen atoms in total. The van der Waals surface area contributed by atoms with Gasteiger partial charge < -0.3 is 15.6 Å². The van der Waals surface area contributed by atoms with E-state index in [1.807, 2.05) is 6.07 Å². The highest BCUT2D eigenvalue weighted by Gasteiger charge is 2.13. The molecule has 0 saturated carbocycles. The fraction of sp³-hybridized carbons (Fsp3) is 0.0714. The molecule has 0 radical (unpaired) electrons. The number of carboxylic acid groups (broad SMARTS) is 1. The Bertz CT molecular complexity index is 675. The van der Waals surface area contributed by atoms with Crippen LogP contribution in [0.5, 0.6) is 11.6 Å². The van der Waals surface area contributed by atoms with E-state index in [1.165, 1.54) is 12.3 Å². The van der Waals surface area contributed by atoms with Crippen LogP contribution in [0, 0.1) is 11.3 Å². The molecule has 2 aromatic rings. The van der Waals surface area contributed by atoms with Gasteiger partial charge in [0.15, 0.2) is 0 Å². The van der Waals surface area contributed by atoms with Gasteiger partial charge in [0.25, 0.3) is 0 Å². The van der Waals surface area contributed by atoms with Crippen molar-refractivity contribution >= 4 is 11.7 Å². The number of aromatic nitrogens is 1. The number of nitriles is 1. The summed E-state index contributed by atoms with van der Waals surface area (Å²) in [6.45, 7) is 0. The van der Waals surface area contributed by atoms with E-state index >= 15 is 0 Å². The van der Waals surface area contributed by atoms with Crippen LogP contribution in [0.25, 0.3) is 0 Å². The Hall–Kier alpha value is -3.07. The first kappa shape index (κ1) is 13.4. The minimum absolute atomic E-state index is 0.0268. The van der Waals surface area contributed by atoms with Crippen LogP contribution in [-0.4, -0.2) is 16.1 Å². The van der Waals surface area contributed by atoms with Gasteiger partial charge in [-0.3, -0.25) is 0 Å². The maximum absolute atomic E-state index is 10.9. The van der Waals surface area contributed by atoms with Crippen molar-refractivity contribution in [2.45, 2.75) is 6.42 Å². The molecule has 0 bridgehead atoms. The van der Waals surface area contributed by atoms with Crippen LogP contribution in [-0.2, 0) is 6.42 Å². The van der Waals surface area contributed by atoms with Gasteiger partial charge in [0, 0.05) is 6.20 Å². The van der Waals surface area contributed by atoms with Crippen molar-refractivity contribution in [2.75, 3.05) is 5.73 Å². The summed E-state index contributed by atoms with van der Waals surface area (Å²) in [5.41, 5.74) is 6.47. The Morgan fingerprint density at radius 3 is 2.65 bits per heavy atom. The molecule has 1 heterocycles. The number of carboxylic acids is 1. The minimum Gasteiger partial charge on any atom is -0.478 e. The molecule has 0 atom stereocenters. The second-order valence-corrected chi connectivity index (χ2v) is 3.96. The number of benzene rings is 1. The SMILES string of the molecule is N#CCc1ccc(Oc2nccc(C(=O)O)c2N)cc1. The molecule has 0 aliphatic rings. The molecule has 0 fully saturated rings. The zero-order valence-electron chi connectivity index (χ0n) is 10.4. The number of nitrogens with zero attached hydrogens (tertiary/aromatic N) is 2. The van der Waals surface area contributed by atoms with Crippen molar-refractivity contribution in [1.29, 1.82) is 5.26 Å². The van der Waals surface area contributed by atoms with Crippen LogP contribution >= 0.6 is 0 Å². The van der Waals surface area contributed by atoms with Crippen molar-refractivity contribution in [3.8, 4) is 17.7 Å². The standard InChI is InChI=1S/C14H11N3O3/c15-7-5-9-1-3-10(4-2-9)20-13-12(16)11(14(18)19)6-8-17-13/h1-4,6,8H,5,16H2,(H,18,19). The number of aromatic carboxylic acids is 1. The fourth-order valence-electron chi connectivity index (χ4n) is 1.60. The van der Waals surface area contributed by atoms with Crippen LogP contribution in [0.15, 0.2) is 36.5 Å². The van der Waals surface area contributed by atoms with Gasteiger partial charge in [-0.05, 0) is 23.8 Å². The van der Waals surface area contributed by atoms with Crippen LogP contribution < -0.4 is 10.5 Å². The quantitative estimate of drug-likeness (QED) is 0.880. The average Bonchev–Trinajstić information content (AvgIpc) is 2.43. The first-order chi connectivity index (χ1) is 9.61. The van der Waals surface area contributed by atoms with Crippen molar-refractivity contribution in [1.82, 2.24) is 4.98 Å². The van der Waals surface area contributed by atoms with Gasteiger partial charge in [-0.25, -0.2) is 9.78 Å². The molecular formula is C14H11N3O3. The van der Waals surface area contributed by atoms with Gasteiger partial charge in [0.05, 0.1) is 18.1 Å². The maximum Gasteiger partial charge on any atom is 0.338 e. The zero-order chi connectivity index (χ0) is 14.5. The van der Waals surface area contributed by atoms with Crippen molar-refractivity contribution < 1.29 is 14.6 Å². The van der Waals surface area contributed by atoms with E-state index in [1.54, 1.807) is 24.3 Å². The number of rotatable bonds is 4. The van der Waals surface area contributed by atoms with Crippen LogP contribution in [0.1, 0.15) is 15.9 Å². The predicted molar refractivity (Wildman–Crippen MR) is 71.4 cm³/mol. The Morgan fingerprint density at radius 1 is 1.35 bits per heavy atom. The van der Waals surface area contributed by atoms with Crippen LogP contribution in [0.3, 0.4) is 0 Å². The van der Waals surface area contributed by atoms with E-state index in [0.29, 0.717) is 12.2 Å². The van der Waals surface area contributed by atoms with Gasteiger partial charge in [-0.2, -0.15) is 5.26 Å². The smallest absolute Gasteiger partial charge is 0.338 e. The molecule has 0 aliphatic carbocycles. The highest BCUT2D eigenvalue weighted by molar-refractivity contribution is 5.94. The number of hydrogen-bond donors (Lipinski definition) is 2. The molecule has 0 aliphatic heterocycles. The monoisotopic (exact) mass is 269 g/mol. The molecule has 0 spiro atoms. The Kier molecular flexibility index (Phi) is 3.82.